The van der Waals surface area contributed by atoms with Crippen molar-refractivity contribution in [1.82, 2.24) is 4.90 Å². The van der Waals surface area contributed by atoms with Gasteiger partial charge in [-0.25, -0.2) is 0 Å². The lowest BCUT2D eigenvalue weighted by atomic mass is 9.96. The van der Waals surface area contributed by atoms with Crippen LogP contribution in [-0.4, -0.2) is 24.4 Å². The van der Waals surface area contributed by atoms with Crippen molar-refractivity contribution in [2.45, 2.75) is 27.3 Å². The highest BCUT2D eigenvalue weighted by Crippen LogP contribution is 2.16. The molecule has 1 atom stereocenters. The highest BCUT2D eigenvalue weighted by atomic mass is 16.2. The first kappa shape index (κ1) is 16.3. The minimum absolute atomic E-state index is 0.0299. The van der Waals surface area contributed by atoms with Crippen molar-refractivity contribution in [1.29, 1.82) is 0 Å². The van der Waals surface area contributed by atoms with Crippen LogP contribution in [0, 0.1) is 23.7 Å². The van der Waals surface area contributed by atoms with E-state index in [0.717, 1.165) is 11.1 Å². The summed E-state index contributed by atoms with van der Waals surface area (Å²) in [5, 5.41) is 0. The molecule has 3 nitrogen and oxygen atoms in total. The highest BCUT2D eigenvalue weighted by Gasteiger charge is 2.20. The smallest absolute Gasteiger partial charge is 0.225 e. The molecule has 0 aliphatic rings. The third-order valence-electron chi connectivity index (χ3n) is 3.52. The van der Waals surface area contributed by atoms with Crippen LogP contribution in [0.4, 0.5) is 0 Å². The van der Waals surface area contributed by atoms with E-state index in [-0.39, 0.29) is 11.8 Å². The number of carbonyl (C=O) groups excluding carboxylic acids is 1. The first-order valence-corrected chi connectivity index (χ1v) is 6.99. The fourth-order valence-corrected chi connectivity index (χ4v) is 1.89. The maximum atomic E-state index is 12.3. The number of carbonyl (C=O) groups is 1. The number of amides is 1. The lowest BCUT2D eigenvalue weighted by Gasteiger charge is -2.24. The Morgan fingerprint density at radius 1 is 1.30 bits per heavy atom. The molecule has 0 aliphatic heterocycles. The van der Waals surface area contributed by atoms with Gasteiger partial charge < -0.3 is 10.6 Å². The van der Waals surface area contributed by atoms with Crippen LogP contribution in [0.15, 0.2) is 24.3 Å². The van der Waals surface area contributed by atoms with Gasteiger partial charge in [0.1, 0.15) is 0 Å². The molecule has 0 bridgehead atoms. The molecule has 1 aromatic carbocycles. The average molecular weight is 272 g/mol. The molecular formula is C17H24N2O. The number of nitrogens with two attached hydrogens (primary N) is 1. The number of hydrogen-bond donors (Lipinski definition) is 1. The summed E-state index contributed by atoms with van der Waals surface area (Å²) in [6.45, 7) is 7.02. The maximum absolute atomic E-state index is 12.3. The first-order chi connectivity index (χ1) is 9.47. The van der Waals surface area contributed by atoms with Crippen LogP contribution >= 0.6 is 0 Å². The Morgan fingerprint density at radius 2 is 1.95 bits per heavy atom. The second kappa shape index (κ2) is 7.72. The number of hydrogen-bond acceptors (Lipinski definition) is 2. The van der Waals surface area contributed by atoms with Gasteiger partial charge in [0.05, 0.1) is 6.54 Å². The number of nitrogens with zero attached hydrogens (tertiary/aromatic N) is 1. The van der Waals surface area contributed by atoms with E-state index in [0.29, 0.717) is 19.0 Å². The van der Waals surface area contributed by atoms with Crippen molar-refractivity contribution in [2.24, 2.45) is 17.6 Å². The van der Waals surface area contributed by atoms with Crippen molar-refractivity contribution in [3.8, 4) is 11.8 Å². The molecule has 0 heterocycles. The van der Waals surface area contributed by atoms with Crippen molar-refractivity contribution in [3.63, 3.8) is 0 Å². The largest absolute Gasteiger partial charge is 0.341 e. The summed E-state index contributed by atoms with van der Waals surface area (Å²) in [6, 6.07) is 7.88. The SMILES string of the molecule is CC(C)C(C)C(=O)N(C)Cc1ccccc1C#CCN. The van der Waals surface area contributed by atoms with Gasteiger partial charge in [0, 0.05) is 25.1 Å². The lowest BCUT2D eigenvalue weighted by Crippen LogP contribution is -2.33. The predicted molar refractivity (Wildman–Crippen MR) is 82.9 cm³/mol. The van der Waals surface area contributed by atoms with Gasteiger partial charge in [-0.3, -0.25) is 4.79 Å². The molecular weight excluding hydrogens is 248 g/mol. The highest BCUT2D eigenvalue weighted by molar-refractivity contribution is 5.78. The zero-order valence-corrected chi connectivity index (χ0v) is 12.8. The summed E-state index contributed by atoms with van der Waals surface area (Å²) < 4.78 is 0. The Hall–Kier alpha value is -1.79. The zero-order valence-electron chi connectivity index (χ0n) is 12.8. The molecule has 1 aromatic rings. The third kappa shape index (κ3) is 4.40. The zero-order chi connectivity index (χ0) is 15.1. The van der Waals surface area contributed by atoms with E-state index >= 15 is 0 Å². The van der Waals surface area contributed by atoms with Gasteiger partial charge in [-0.15, -0.1) is 0 Å². The van der Waals surface area contributed by atoms with Gasteiger partial charge in [-0.1, -0.05) is 50.8 Å². The fourth-order valence-electron chi connectivity index (χ4n) is 1.89. The molecule has 0 saturated heterocycles. The van der Waals surface area contributed by atoms with E-state index in [1.165, 1.54) is 0 Å². The van der Waals surface area contributed by atoms with Crippen LogP contribution in [0.25, 0.3) is 0 Å². The minimum Gasteiger partial charge on any atom is -0.341 e. The minimum atomic E-state index is 0.0299. The Balaban J connectivity index is 2.85. The molecule has 0 radical (unpaired) electrons. The Labute approximate surface area is 122 Å². The monoisotopic (exact) mass is 272 g/mol. The van der Waals surface area contributed by atoms with Gasteiger partial charge in [-0.2, -0.15) is 0 Å². The summed E-state index contributed by atoms with van der Waals surface area (Å²) >= 11 is 0. The Kier molecular flexibility index (Phi) is 6.27. The van der Waals surface area contributed by atoms with Gasteiger partial charge in [-0.05, 0) is 17.5 Å². The van der Waals surface area contributed by atoms with E-state index in [2.05, 4.69) is 25.7 Å². The van der Waals surface area contributed by atoms with Crippen LogP contribution in [-0.2, 0) is 11.3 Å². The van der Waals surface area contributed by atoms with E-state index in [4.69, 9.17) is 5.73 Å². The topological polar surface area (TPSA) is 46.3 Å². The van der Waals surface area contributed by atoms with Crippen LogP contribution in [0.1, 0.15) is 31.9 Å². The van der Waals surface area contributed by atoms with Crippen molar-refractivity contribution < 1.29 is 4.79 Å². The molecule has 0 spiro atoms. The quantitative estimate of drug-likeness (QED) is 0.855. The Bertz CT molecular complexity index is 511. The summed E-state index contributed by atoms with van der Waals surface area (Å²) in [7, 11) is 1.84. The molecule has 0 aromatic heterocycles. The summed E-state index contributed by atoms with van der Waals surface area (Å²) in [4.78, 5) is 14.1. The summed E-state index contributed by atoms with van der Waals surface area (Å²) in [6.07, 6.45) is 0. The van der Waals surface area contributed by atoms with Crippen LogP contribution in [0.5, 0.6) is 0 Å². The van der Waals surface area contributed by atoms with Crippen LogP contribution in [0.3, 0.4) is 0 Å². The van der Waals surface area contributed by atoms with E-state index in [1.54, 1.807) is 4.90 Å². The third-order valence-corrected chi connectivity index (χ3v) is 3.52. The van der Waals surface area contributed by atoms with Gasteiger partial charge in [0.25, 0.3) is 0 Å². The maximum Gasteiger partial charge on any atom is 0.225 e. The first-order valence-electron chi connectivity index (χ1n) is 6.99. The summed E-state index contributed by atoms with van der Waals surface area (Å²) in [5.41, 5.74) is 7.41. The lowest BCUT2D eigenvalue weighted by molar-refractivity contribution is -0.135. The molecule has 2 N–H and O–H groups in total. The van der Waals surface area contributed by atoms with Gasteiger partial charge in [0.15, 0.2) is 0 Å². The number of rotatable bonds is 4. The second-order valence-corrected chi connectivity index (χ2v) is 5.39. The van der Waals surface area contributed by atoms with Crippen LogP contribution < -0.4 is 5.73 Å². The normalized spacial score (nSPS) is 11.7. The van der Waals surface area contributed by atoms with Crippen molar-refractivity contribution in [2.75, 3.05) is 13.6 Å². The number of benzene rings is 1. The molecule has 0 aliphatic carbocycles. The predicted octanol–water partition coefficient (Wildman–Crippen LogP) is 2.25. The van der Waals surface area contributed by atoms with Gasteiger partial charge >= 0.3 is 0 Å². The molecule has 1 rings (SSSR count). The average Bonchev–Trinajstić information content (AvgIpc) is 2.44. The standard InChI is InChI=1S/C17H24N2O/c1-13(2)14(3)17(20)19(4)12-16-9-6-5-8-15(16)10-7-11-18/h5-6,8-9,13-14H,11-12,18H2,1-4H3. The van der Waals surface area contributed by atoms with E-state index in [9.17, 15) is 4.79 Å². The van der Waals surface area contributed by atoms with E-state index < -0.39 is 0 Å². The van der Waals surface area contributed by atoms with Crippen LogP contribution in [0.2, 0.25) is 0 Å². The fraction of sp³-hybridized carbons (Fsp3) is 0.471. The van der Waals surface area contributed by atoms with Crippen molar-refractivity contribution in [3.05, 3.63) is 35.4 Å². The molecule has 0 saturated carbocycles. The Morgan fingerprint density at radius 3 is 2.55 bits per heavy atom. The van der Waals surface area contributed by atoms with E-state index in [1.807, 2.05) is 38.2 Å². The molecule has 108 valence electrons. The summed E-state index contributed by atoms with van der Waals surface area (Å²) in [5.74, 6) is 6.46. The molecule has 3 heteroatoms. The second-order valence-electron chi connectivity index (χ2n) is 5.39. The van der Waals surface area contributed by atoms with Gasteiger partial charge in [0.2, 0.25) is 5.91 Å². The molecule has 1 amide bonds. The molecule has 20 heavy (non-hydrogen) atoms. The van der Waals surface area contributed by atoms with Crippen molar-refractivity contribution >= 4 is 5.91 Å². The molecule has 0 fully saturated rings. The molecule has 1 unspecified atom stereocenters.